The van der Waals surface area contributed by atoms with E-state index in [-0.39, 0.29) is 18.1 Å². The summed E-state index contributed by atoms with van der Waals surface area (Å²) in [5.41, 5.74) is 3.69. The van der Waals surface area contributed by atoms with E-state index in [2.05, 4.69) is 16.3 Å². The van der Waals surface area contributed by atoms with Crippen LogP contribution in [0, 0.1) is 25.2 Å². The maximum absolute atomic E-state index is 12.9. The standard InChI is InChI=1S/C22H22N4O3S/c1-15-11-16(2)13-18(12-15)26(10-4-9-23)20(27)14-30-22-25-24-21(29-22)17-5-7-19(28-3)8-6-17/h5-8,11-13H,4,10,14H2,1-3H3. The van der Waals surface area contributed by atoms with Crippen LogP contribution in [0.2, 0.25) is 0 Å². The van der Waals surface area contributed by atoms with E-state index < -0.39 is 0 Å². The molecule has 0 saturated carbocycles. The zero-order valence-corrected chi connectivity index (χ0v) is 17.9. The highest BCUT2D eigenvalue weighted by Crippen LogP contribution is 2.26. The van der Waals surface area contributed by atoms with Crippen molar-refractivity contribution in [1.82, 2.24) is 10.2 Å². The minimum Gasteiger partial charge on any atom is -0.497 e. The average Bonchev–Trinajstić information content (AvgIpc) is 3.21. The predicted molar refractivity (Wildman–Crippen MR) is 116 cm³/mol. The van der Waals surface area contributed by atoms with E-state index in [0.29, 0.717) is 17.7 Å². The third-order valence-electron chi connectivity index (χ3n) is 4.33. The molecule has 0 aliphatic carbocycles. The zero-order chi connectivity index (χ0) is 21.5. The fraction of sp³-hybridized carbons (Fsp3) is 0.273. The van der Waals surface area contributed by atoms with Gasteiger partial charge in [0.1, 0.15) is 5.75 Å². The lowest BCUT2D eigenvalue weighted by Gasteiger charge is -2.22. The molecule has 1 amide bonds. The monoisotopic (exact) mass is 422 g/mol. The molecule has 154 valence electrons. The number of anilines is 1. The van der Waals surface area contributed by atoms with Crippen LogP contribution >= 0.6 is 11.8 Å². The molecule has 0 aliphatic rings. The SMILES string of the molecule is COc1ccc(-c2nnc(SCC(=O)N(CCC#N)c3cc(C)cc(C)c3)o2)cc1. The van der Waals surface area contributed by atoms with Crippen molar-refractivity contribution in [2.45, 2.75) is 25.5 Å². The highest BCUT2D eigenvalue weighted by Gasteiger charge is 2.18. The Morgan fingerprint density at radius 3 is 2.50 bits per heavy atom. The van der Waals surface area contributed by atoms with Gasteiger partial charge in [-0.2, -0.15) is 5.26 Å². The first kappa shape index (κ1) is 21.4. The molecule has 0 bridgehead atoms. The lowest BCUT2D eigenvalue weighted by atomic mass is 10.1. The number of aryl methyl sites for hydroxylation is 2. The third-order valence-corrected chi connectivity index (χ3v) is 5.13. The molecule has 0 fully saturated rings. The smallest absolute Gasteiger partial charge is 0.277 e. The maximum atomic E-state index is 12.9. The molecule has 0 radical (unpaired) electrons. The van der Waals surface area contributed by atoms with E-state index in [1.165, 1.54) is 11.8 Å². The first-order chi connectivity index (χ1) is 14.5. The maximum Gasteiger partial charge on any atom is 0.277 e. The lowest BCUT2D eigenvalue weighted by molar-refractivity contribution is -0.116. The highest BCUT2D eigenvalue weighted by atomic mass is 32.2. The second-order valence-corrected chi connectivity index (χ2v) is 7.62. The number of carbonyl (C=O) groups is 1. The average molecular weight is 423 g/mol. The van der Waals surface area contributed by atoms with Crippen molar-refractivity contribution in [2.24, 2.45) is 0 Å². The summed E-state index contributed by atoms with van der Waals surface area (Å²) in [6, 6.07) is 15.3. The fourth-order valence-corrected chi connectivity index (χ4v) is 3.63. The third kappa shape index (κ3) is 5.39. The van der Waals surface area contributed by atoms with Gasteiger partial charge in [-0.1, -0.05) is 17.8 Å². The molecule has 7 nitrogen and oxygen atoms in total. The number of methoxy groups -OCH3 is 1. The van der Waals surface area contributed by atoms with E-state index >= 15 is 0 Å². The van der Waals surface area contributed by atoms with Gasteiger partial charge in [0.2, 0.25) is 11.8 Å². The Kier molecular flexibility index (Phi) is 7.09. The molecule has 0 saturated heterocycles. The van der Waals surface area contributed by atoms with Crippen molar-refractivity contribution in [3.8, 4) is 23.3 Å². The number of carbonyl (C=O) groups excluding carboxylic acids is 1. The van der Waals surface area contributed by atoms with E-state index in [0.717, 1.165) is 28.1 Å². The Morgan fingerprint density at radius 1 is 1.17 bits per heavy atom. The van der Waals surface area contributed by atoms with Crippen LogP contribution < -0.4 is 9.64 Å². The molecule has 0 aliphatic heterocycles. The lowest BCUT2D eigenvalue weighted by Crippen LogP contribution is -2.33. The molecule has 2 aromatic carbocycles. The second kappa shape index (κ2) is 9.94. The molecule has 8 heteroatoms. The number of benzene rings is 2. The first-order valence-electron chi connectivity index (χ1n) is 9.36. The zero-order valence-electron chi connectivity index (χ0n) is 17.1. The van der Waals surface area contributed by atoms with Gasteiger partial charge >= 0.3 is 0 Å². The Morgan fingerprint density at radius 2 is 1.87 bits per heavy atom. The number of thioether (sulfide) groups is 1. The van der Waals surface area contributed by atoms with Crippen LogP contribution in [0.4, 0.5) is 5.69 Å². The predicted octanol–water partition coefficient (Wildman–Crippen LogP) is 4.40. The number of ether oxygens (including phenoxy) is 1. The normalized spacial score (nSPS) is 10.5. The van der Waals surface area contributed by atoms with E-state index in [1.807, 2.05) is 56.3 Å². The van der Waals surface area contributed by atoms with Gasteiger partial charge in [-0.05, 0) is 61.4 Å². The minimum atomic E-state index is -0.121. The van der Waals surface area contributed by atoms with Crippen LogP contribution in [0.1, 0.15) is 17.5 Å². The van der Waals surface area contributed by atoms with Crippen LogP contribution in [-0.2, 0) is 4.79 Å². The van der Waals surface area contributed by atoms with Crippen molar-refractivity contribution < 1.29 is 13.9 Å². The van der Waals surface area contributed by atoms with Gasteiger partial charge in [0.15, 0.2) is 0 Å². The number of hydrogen-bond acceptors (Lipinski definition) is 7. The van der Waals surface area contributed by atoms with Gasteiger partial charge in [0.25, 0.3) is 5.22 Å². The molecule has 0 N–H and O–H groups in total. The summed E-state index contributed by atoms with van der Waals surface area (Å²) in [5, 5.41) is 17.4. The molecule has 0 unspecified atom stereocenters. The minimum absolute atomic E-state index is 0.121. The quantitative estimate of drug-likeness (QED) is 0.497. The Bertz CT molecular complexity index is 1040. The molecule has 0 atom stereocenters. The topological polar surface area (TPSA) is 92.3 Å². The number of nitrogens with zero attached hydrogens (tertiary/aromatic N) is 4. The number of amides is 1. The fourth-order valence-electron chi connectivity index (χ4n) is 2.99. The van der Waals surface area contributed by atoms with Crippen LogP contribution in [0.5, 0.6) is 5.75 Å². The van der Waals surface area contributed by atoms with Gasteiger partial charge in [-0.3, -0.25) is 4.79 Å². The molecule has 3 rings (SSSR count). The molecule has 0 spiro atoms. The summed E-state index contributed by atoms with van der Waals surface area (Å²) >= 11 is 1.18. The van der Waals surface area contributed by atoms with E-state index in [4.69, 9.17) is 14.4 Å². The Balaban J connectivity index is 1.69. The van der Waals surface area contributed by atoms with Gasteiger partial charge in [-0.15, -0.1) is 10.2 Å². The highest BCUT2D eigenvalue weighted by molar-refractivity contribution is 7.99. The summed E-state index contributed by atoms with van der Waals surface area (Å²) in [7, 11) is 1.60. The van der Waals surface area contributed by atoms with Gasteiger partial charge in [0, 0.05) is 17.8 Å². The molecule has 1 heterocycles. The number of rotatable bonds is 8. The van der Waals surface area contributed by atoms with Gasteiger partial charge in [0.05, 0.1) is 25.4 Å². The van der Waals surface area contributed by atoms with Crippen molar-refractivity contribution in [3.05, 3.63) is 53.6 Å². The largest absolute Gasteiger partial charge is 0.497 e. The summed E-state index contributed by atoms with van der Waals surface area (Å²) in [4.78, 5) is 14.5. The van der Waals surface area contributed by atoms with Gasteiger partial charge in [-0.25, -0.2) is 0 Å². The van der Waals surface area contributed by atoms with Crippen LogP contribution in [0.3, 0.4) is 0 Å². The summed E-state index contributed by atoms with van der Waals surface area (Å²) in [5.74, 6) is 1.12. The molecule has 1 aromatic heterocycles. The van der Waals surface area contributed by atoms with Crippen LogP contribution in [-0.4, -0.2) is 35.5 Å². The van der Waals surface area contributed by atoms with E-state index in [9.17, 15) is 4.79 Å². The van der Waals surface area contributed by atoms with Gasteiger partial charge < -0.3 is 14.1 Å². The molecule has 30 heavy (non-hydrogen) atoms. The Labute approximate surface area is 179 Å². The van der Waals surface area contributed by atoms with Crippen molar-refractivity contribution in [1.29, 1.82) is 5.26 Å². The van der Waals surface area contributed by atoms with Crippen LogP contribution in [0.15, 0.2) is 52.1 Å². The van der Waals surface area contributed by atoms with Crippen molar-refractivity contribution in [3.63, 3.8) is 0 Å². The summed E-state index contributed by atoms with van der Waals surface area (Å²) < 4.78 is 10.8. The van der Waals surface area contributed by atoms with Crippen molar-refractivity contribution in [2.75, 3.05) is 24.3 Å². The van der Waals surface area contributed by atoms with Crippen LogP contribution in [0.25, 0.3) is 11.5 Å². The number of nitriles is 1. The molecular formula is C22H22N4O3S. The molecular weight excluding hydrogens is 400 g/mol. The second-order valence-electron chi connectivity index (χ2n) is 6.69. The summed E-state index contributed by atoms with van der Waals surface area (Å²) in [6.07, 6.45) is 0.256. The number of hydrogen-bond donors (Lipinski definition) is 0. The van der Waals surface area contributed by atoms with Crippen molar-refractivity contribution >= 4 is 23.4 Å². The first-order valence-corrected chi connectivity index (χ1v) is 10.3. The number of aromatic nitrogens is 2. The summed E-state index contributed by atoms with van der Waals surface area (Å²) in [6.45, 7) is 4.30. The molecule has 3 aromatic rings. The van der Waals surface area contributed by atoms with E-state index in [1.54, 1.807) is 12.0 Å². The Hall–Kier alpha value is -3.31.